The molecule has 1 aromatic carbocycles. The van der Waals surface area contributed by atoms with Gasteiger partial charge in [0, 0.05) is 28.7 Å². The number of hydrogen-bond acceptors (Lipinski definition) is 8. The third kappa shape index (κ3) is 4.93. The number of carbonyl (C=O) groups excluding carboxylic acids is 2. The second-order valence-corrected chi connectivity index (χ2v) is 10.1. The minimum absolute atomic E-state index is 0.0464. The minimum atomic E-state index is -2.96. The van der Waals surface area contributed by atoms with Crippen molar-refractivity contribution in [3.8, 4) is 5.75 Å². The monoisotopic (exact) mass is 512 g/mol. The predicted molar refractivity (Wildman–Crippen MR) is 122 cm³/mol. The summed E-state index contributed by atoms with van der Waals surface area (Å²) in [6, 6.07) is 4.81. The van der Waals surface area contributed by atoms with Crippen molar-refractivity contribution >= 4 is 35.2 Å². The number of benzene rings is 1. The van der Waals surface area contributed by atoms with E-state index in [9.17, 15) is 33.4 Å². The summed E-state index contributed by atoms with van der Waals surface area (Å²) in [6.45, 7) is 0.861. The van der Waals surface area contributed by atoms with Crippen LogP contribution in [-0.2, 0) is 14.4 Å². The van der Waals surface area contributed by atoms with Crippen LogP contribution < -0.4 is 20.9 Å². The molecule has 2 fully saturated rings. The zero-order valence-corrected chi connectivity index (χ0v) is 19.7. The van der Waals surface area contributed by atoms with E-state index in [1.165, 1.54) is 41.8 Å². The number of nitrogens with zero attached hydrogens (tertiary/aromatic N) is 1. The van der Waals surface area contributed by atoms with Crippen LogP contribution in [0, 0.1) is 11.8 Å². The van der Waals surface area contributed by atoms with Crippen LogP contribution in [0.1, 0.15) is 20.3 Å². The summed E-state index contributed by atoms with van der Waals surface area (Å²) in [5.41, 5.74) is 5.51. The van der Waals surface area contributed by atoms with E-state index in [0.717, 1.165) is 0 Å². The normalized spacial score (nSPS) is 28.6. The first-order valence-corrected chi connectivity index (χ1v) is 12.0. The highest BCUT2D eigenvalue weighted by atomic mass is 32.2. The van der Waals surface area contributed by atoms with E-state index >= 15 is 0 Å². The van der Waals surface area contributed by atoms with E-state index in [-0.39, 0.29) is 34.4 Å². The number of amides is 2. The quantitative estimate of drug-likeness (QED) is 0.245. The lowest BCUT2D eigenvalue weighted by Crippen LogP contribution is -2.63. The molecule has 3 heterocycles. The van der Waals surface area contributed by atoms with Gasteiger partial charge in [0.1, 0.15) is 11.4 Å². The number of alkyl halides is 2. The van der Waals surface area contributed by atoms with Gasteiger partial charge >= 0.3 is 12.6 Å². The Balaban J connectivity index is 1.35. The summed E-state index contributed by atoms with van der Waals surface area (Å²) >= 11 is 1.34. The van der Waals surface area contributed by atoms with Crippen LogP contribution in [0.15, 0.2) is 34.9 Å². The van der Waals surface area contributed by atoms with E-state index in [2.05, 4.69) is 20.9 Å². The number of β-lactam (4-membered cyclic amide) rings is 1. The number of halogens is 2. The van der Waals surface area contributed by atoms with Gasteiger partial charge in [-0.2, -0.15) is 8.78 Å². The number of aliphatic hydroxyl groups is 1. The van der Waals surface area contributed by atoms with E-state index in [4.69, 9.17) is 0 Å². The molecule has 13 heteroatoms. The molecule has 0 saturated carbocycles. The molecule has 2 amide bonds. The Bertz CT molecular complexity index is 1050. The number of nitrogens with one attached hydrogen (secondary N) is 3. The molecule has 0 aromatic heterocycles. The van der Waals surface area contributed by atoms with Crippen LogP contribution in [0.2, 0.25) is 0 Å². The summed E-state index contributed by atoms with van der Waals surface area (Å²) in [7, 11) is 0. The second-order valence-electron chi connectivity index (χ2n) is 8.73. The number of aliphatic hydroxyl groups excluding tert-OH is 1. The third-order valence-corrected chi connectivity index (χ3v) is 7.91. The highest BCUT2D eigenvalue weighted by Gasteiger charge is 2.60. The molecule has 2 saturated heterocycles. The van der Waals surface area contributed by atoms with Crippen LogP contribution >= 0.6 is 11.8 Å². The largest absolute Gasteiger partial charge is 0.477 e. The first-order valence-electron chi connectivity index (χ1n) is 11.1. The van der Waals surface area contributed by atoms with Crippen molar-refractivity contribution in [1.29, 1.82) is 0 Å². The number of carboxylic acid groups (broad SMARTS) is 1. The number of rotatable bonds is 9. The van der Waals surface area contributed by atoms with Crippen LogP contribution in [0.5, 0.6) is 5.75 Å². The fourth-order valence-electron chi connectivity index (χ4n) is 4.82. The summed E-state index contributed by atoms with van der Waals surface area (Å²) in [5, 5.41) is 22.7. The molecule has 10 nitrogen and oxygen atoms in total. The van der Waals surface area contributed by atoms with Crippen molar-refractivity contribution < 1.29 is 38.1 Å². The van der Waals surface area contributed by atoms with E-state index in [1.807, 2.05) is 6.92 Å². The maximum atomic E-state index is 12.6. The SMILES string of the molecule is CC(O)[C@H]1C(=O)N2C(C(=O)O)=C(S[C@@H]3CN[C@H](C(=O)NNc4cccc(OC(F)F)c4)C3)[C@H](C)[C@H]12. The van der Waals surface area contributed by atoms with Crippen molar-refractivity contribution in [3.05, 3.63) is 34.9 Å². The van der Waals surface area contributed by atoms with Crippen molar-refractivity contribution in [2.75, 3.05) is 12.0 Å². The zero-order chi connectivity index (χ0) is 25.4. The van der Waals surface area contributed by atoms with Crippen molar-refractivity contribution in [2.24, 2.45) is 11.8 Å². The number of aliphatic carboxylic acids is 1. The van der Waals surface area contributed by atoms with Crippen LogP contribution in [0.3, 0.4) is 0 Å². The summed E-state index contributed by atoms with van der Waals surface area (Å²) < 4.78 is 29.1. The number of carbonyl (C=O) groups is 3. The lowest BCUT2D eigenvalue weighted by atomic mass is 9.79. The van der Waals surface area contributed by atoms with Crippen molar-refractivity contribution in [3.63, 3.8) is 0 Å². The van der Waals surface area contributed by atoms with Crippen molar-refractivity contribution in [1.82, 2.24) is 15.6 Å². The number of carboxylic acids is 1. The number of anilines is 1. The maximum absolute atomic E-state index is 12.6. The standard InChI is InChI=1S/C22H26F2N4O6S/c1-9-16-15(10(2)29)20(31)28(16)17(21(32)33)18(9)35-13-7-14(25-8-13)19(30)27-26-11-4-3-5-12(6-11)34-22(23)24/h3-6,9-10,13-16,22,25-26,29H,7-8H2,1-2H3,(H,27,30)(H,32,33)/t9-,10?,13+,14+,15-,16-/m1/s1. The van der Waals surface area contributed by atoms with Gasteiger partial charge in [-0.05, 0) is 25.5 Å². The molecule has 190 valence electrons. The van der Waals surface area contributed by atoms with Gasteiger partial charge in [0.15, 0.2) is 0 Å². The topological polar surface area (TPSA) is 140 Å². The van der Waals surface area contributed by atoms with Crippen LogP contribution in [0.25, 0.3) is 0 Å². The van der Waals surface area contributed by atoms with Gasteiger partial charge in [-0.15, -0.1) is 11.8 Å². The van der Waals surface area contributed by atoms with E-state index in [0.29, 0.717) is 23.6 Å². The first kappa shape index (κ1) is 25.2. The third-order valence-electron chi connectivity index (χ3n) is 6.40. The van der Waals surface area contributed by atoms with Gasteiger partial charge in [0.25, 0.3) is 5.91 Å². The average molecular weight is 513 g/mol. The molecule has 1 unspecified atom stereocenters. The fraction of sp³-hybridized carbons (Fsp3) is 0.500. The number of hydrogen-bond donors (Lipinski definition) is 5. The Morgan fingerprint density at radius 3 is 2.74 bits per heavy atom. The van der Waals surface area contributed by atoms with Crippen molar-refractivity contribution in [2.45, 2.75) is 50.3 Å². The average Bonchev–Trinajstić information content (AvgIpc) is 3.34. The van der Waals surface area contributed by atoms with Gasteiger partial charge in [0.05, 0.1) is 29.8 Å². The molecule has 3 aliphatic rings. The zero-order valence-electron chi connectivity index (χ0n) is 18.9. The molecule has 1 aromatic rings. The Labute approximate surface area is 204 Å². The molecule has 0 bridgehead atoms. The summed E-state index contributed by atoms with van der Waals surface area (Å²) in [5.74, 6) is -2.88. The Kier molecular flexibility index (Phi) is 7.20. The predicted octanol–water partition coefficient (Wildman–Crippen LogP) is 1.35. The number of ether oxygens (including phenoxy) is 1. The van der Waals surface area contributed by atoms with Gasteiger partial charge in [0.2, 0.25) is 5.91 Å². The Morgan fingerprint density at radius 2 is 2.09 bits per heavy atom. The molecular formula is C22H26F2N4O6S. The van der Waals surface area contributed by atoms with Crippen LogP contribution in [0.4, 0.5) is 14.5 Å². The van der Waals surface area contributed by atoms with Gasteiger partial charge in [-0.3, -0.25) is 20.4 Å². The second kappa shape index (κ2) is 9.99. The van der Waals surface area contributed by atoms with Gasteiger partial charge < -0.3 is 25.2 Å². The highest BCUT2D eigenvalue weighted by Crippen LogP contribution is 2.51. The van der Waals surface area contributed by atoms with E-state index < -0.39 is 36.7 Å². The first-order chi connectivity index (χ1) is 16.6. The molecule has 35 heavy (non-hydrogen) atoms. The van der Waals surface area contributed by atoms with Crippen LogP contribution in [-0.4, -0.2) is 69.5 Å². The number of fused-ring (bicyclic) bond motifs is 1. The smallest absolute Gasteiger partial charge is 0.387 e. The highest BCUT2D eigenvalue weighted by molar-refractivity contribution is 8.03. The summed E-state index contributed by atoms with van der Waals surface area (Å²) in [6.07, 6.45) is -0.462. The molecular weight excluding hydrogens is 486 g/mol. The molecule has 0 spiro atoms. The lowest BCUT2D eigenvalue weighted by Gasteiger charge is -2.46. The molecule has 0 aliphatic carbocycles. The van der Waals surface area contributed by atoms with Gasteiger partial charge in [-0.1, -0.05) is 13.0 Å². The van der Waals surface area contributed by atoms with E-state index in [1.54, 1.807) is 6.07 Å². The Hall–Kier alpha value is -2.90. The summed E-state index contributed by atoms with van der Waals surface area (Å²) in [4.78, 5) is 38.9. The van der Waals surface area contributed by atoms with Gasteiger partial charge in [-0.25, -0.2) is 4.79 Å². The Morgan fingerprint density at radius 1 is 1.34 bits per heavy atom. The number of hydrazine groups is 1. The fourth-order valence-corrected chi connectivity index (χ4v) is 6.30. The maximum Gasteiger partial charge on any atom is 0.387 e. The molecule has 5 N–H and O–H groups in total. The molecule has 4 rings (SSSR count). The lowest BCUT2D eigenvalue weighted by molar-refractivity contribution is -0.163. The minimum Gasteiger partial charge on any atom is -0.477 e. The molecule has 0 radical (unpaired) electrons. The molecule has 3 aliphatic heterocycles. The number of thioether (sulfide) groups is 1. The molecule has 6 atom stereocenters.